The lowest BCUT2D eigenvalue weighted by molar-refractivity contribution is -0.128. The van der Waals surface area contributed by atoms with E-state index in [1.54, 1.807) is 43.4 Å². The summed E-state index contributed by atoms with van der Waals surface area (Å²) in [7, 11) is 3.20. The van der Waals surface area contributed by atoms with Gasteiger partial charge >= 0.3 is 0 Å². The van der Waals surface area contributed by atoms with Gasteiger partial charge in [-0.25, -0.2) is 9.38 Å². The molecule has 0 bridgehead atoms. The summed E-state index contributed by atoms with van der Waals surface area (Å²) in [6.45, 7) is 0.963. The van der Waals surface area contributed by atoms with Crippen LogP contribution >= 0.6 is 11.8 Å². The van der Waals surface area contributed by atoms with Gasteiger partial charge in [-0.15, -0.1) is 0 Å². The summed E-state index contributed by atoms with van der Waals surface area (Å²) < 4.78 is 23.3. The van der Waals surface area contributed by atoms with Gasteiger partial charge < -0.3 is 14.8 Å². The first kappa shape index (κ1) is 22.8. The van der Waals surface area contributed by atoms with Crippen LogP contribution in [-0.2, 0) is 14.3 Å². The molecule has 164 valence electrons. The van der Waals surface area contributed by atoms with Crippen molar-refractivity contribution < 1.29 is 23.5 Å². The lowest BCUT2D eigenvalue weighted by Crippen LogP contribution is -2.34. The Kier molecular flexibility index (Phi) is 8.02. The number of thioether (sulfide) groups is 1. The Bertz CT molecular complexity index is 935. The molecule has 2 aromatic rings. The minimum absolute atomic E-state index is 0.0106. The van der Waals surface area contributed by atoms with Crippen LogP contribution in [0.5, 0.6) is 5.75 Å². The highest BCUT2D eigenvalue weighted by Crippen LogP contribution is 2.32. The average Bonchev–Trinajstić information content (AvgIpc) is 3.05. The molecule has 0 aromatic heterocycles. The Morgan fingerprint density at radius 2 is 1.87 bits per heavy atom. The number of hydrogen-bond acceptors (Lipinski definition) is 6. The van der Waals surface area contributed by atoms with Gasteiger partial charge in [0.15, 0.2) is 5.17 Å². The first-order valence-electron chi connectivity index (χ1n) is 9.75. The van der Waals surface area contributed by atoms with Crippen LogP contribution in [0.4, 0.5) is 15.8 Å². The molecule has 1 saturated heterocycles. The van der Waals surface area contributed by atoms with Crippen molar-refractivity contribution in [3.8, 4) is 5.75 Å². The van der Waals surface area contributed by atoms with Crippen molar-refractivity contribution in [2.75, 3.05) is 32.7 Å². The Balaban J connectivity index is 1.71. The zero-order valence-corrected chi connectivity index (χ0v) is 18.2. The molecule has 1 aliphatic rings. The quantitative estimate of drug-likeness (QED) is 0.594. The second-order valence-corrected chi connectivity index (χ2v) is 7.96. The number of ether oxygens (including phenoxy) is 2. The number of halogens is 1. The molecule has 9 heteroatoms. The Hall–Kier alpha value is -2.91. The second kappa shape index (κ2) is 10.9. The van der Waals surface area contributed by atoms with Gasteiger partial charge in [0.1, 0.15) is 16.8 Å². The van der Waals surface area contributed by atoms with Crippen molar-refractivity contribution in [3.63, 3.8) is 0 Å². The molecule has 1 heterocycles. The zero-order valence-electron chi connectivity index (χ0n) is 17.3. The largest absolute Gasteiger partial charge is 0.497 e. The number of benzene rings is 2. The normalized spacial score (nSPS) is 17.3. The monoisotopic (exact) mass is 445 g/mol. The molecule has 0 saturated carbocycles. The van der Waals surface area contributed by atoms with Gasteiger partial charge in [-0.1, -0.05) is 11.8 Å². The van der Waals surface area contributed by atoms with Crippen molar-refractivity contribution in [3.05, 3.63) is 54.3 Å². The topological polar surface area (TPSA) is 80.2 Å². The van der Waals surface area contributed by atoms with Crippen molar-refractivity contribution >= 4 is 40.1 Å². The molecule has 0 radical (unpaired) electrons. The van der Waals surface area contributed by atoms with Crippen LogP contribution in [0.3, 0.4) is 0 Å². The number of carbonyl (C=O) groups is 2. The average molecular weight is 446 g/mol. The number of aliphatic imine (C=N–C) groups is 1. The van der Waals surface area contributed by atoms with Gasteiger partial charge in [-0.2, -0.15) is 0 Å². The number of hydrogen-bond donors (Lipinski definition) is 1. The van der Waals surface area contributed by atoms with Crippen LogP contribution in [0.1, 0.15) is 12.8 Å². The maximum atomic E-state index is 13.0. The number of amides is 2. The number of rotatable bonds is 9. The number of amidine groups is 1. The van der Waals surface area contributed by atoms with Crippen molar-refractivity contribution in [2.45, 2.75) is 18.1 Å². The highest BCUT2D eigenvalue weighted by molar-refractivity contribution is 8.15. The van der Waals surface area contributed by atoms with E-state index in [1.807, 2.05) is 0 Å². The number of anilines is 1. The van der Waals surface area contributed by atoms with Crippen LogP contribution in [0.25, 0.3) is 0 Å². The lowest BCUT2D eigenvalue weighted by Gasteiger charge is -2.16. The fraction of sp³-hybridized carbons (Fsp3) is 0.318. The van der Waals surface area contributed by atoms with Crippen molar-refractivity contribution in [1.82, 2.24) is 4.90 Å². The molecule has 3 rings (SSSR count). The van der Waals surface area contributed by atoms with Crippen LogP contribution in [0.2, 0.25) is 0 Å². The molecule has 31 heavy (non-hydrogen) atoms. The van der Waals surface area contributed by atoms with E-state index in [2.05, 4.69) is 10.3 Å². The van der Waals surface area contributed by atoms with Gasteiger partial charge in [0.2, 0.25) is 11.8 Å². The van der Waals surface area contributed by atoms with Crippen LogP contribution in [0, 0.1) is 5.82 Å². The fourth-order valence-electron chi connectivity index (χ4n) is 2.98. The minimum atomic E-state index is -0.583. The van der Waals surface area contributed by atoms with E-state index >= 15 is 0 Å². The Morgan fingerprint density at radius 3 is 2.52 bits per heavy atom. The number of methoxy groups -OCH3 is 2. The van der Waals surface area contributed by atoms with Gasteiger partial charge in [-0.05, 0) is 55.0 Å². The molecule has 1 N–H and O–H groups in total. The third kappa shape index (κ3) is 6.28. The first-order chi connectivity index (χ1) is 15.0. The lowest BCUT2D eigenvalue weighted by atomic mass is 10.2. The summed E-state index contributed by atoms with van der Waals surface area (Å²) >= 11 is 1.26. The summed E-state index contributed by atoms with van der Waals surface area (Å²) in [5, 5.41) is 2.66. The summed E-state index contributed by atoms with van der Waals surface area (Å²) in [6.07, 6.45) is 0.641. The Morgan fingerprint density at radius 1 is 1.16 bits per heavy atom. The molecule has 1 aliphatic heterocycles. The maximum Gasteiger partial charge on any atom is 0.242 e. The highest BCUT2D eigenvalue weighted by Gasteiger charge is 2.38. The van der Waals surface area contributed by atoms with E-state index < -0.39 is 5.25 Å². The van der Waals surface area contributed by atoms with Gasteiger partial charge in [-0.3, -0.25) is 14.5 Å². The molecule has 0 spiro atoms. The molecule has 0 aliphatic carbocycles. The van der Waals surface area contributed by atoms with Crippen LogP contribution in [0.15, 0.2) is 53.5 Å². The molecule has 1 unspecified atom stereocenters. The molecule has 1 fully saturated rings. The first-order valence-corrected chi connectivity index (χ1v) is 10.6. The molecule has 2 aromatic carbocycles. The highest BCUT2D eigenvalue weighted by atomic mass is 32.2. The second-order valence-electron chi connectivity index (χ2n) is 6.79. The molecular formula is C22H24FN3O4S. The molecule has 2 amide bonds. The third-order valence-corrected chi connectivity index (χ3v) is 5.72. The fourth-order valence-corrected chi connectivity index (χ4v) is 4.16. The van der Waals surface area contributed by atoms with Gasteiger partial charge in [0.25, 0.3) is 0 Å². The van der Waals surface area contributed by atoms with Crippen molar-refractivity contribution in [1.29, 1.82) is 0 Å². The van der Waals surface area contributed by atoms with Gasteiger partial charge in [0.05, 0.1) is 12.8 Å². The minimum Gasteiger partial charge on any atom is -0.497 e. The number of carbonyl (C=O) groups excluding carboxylic acids is 2. The predicted molar refractivity (Wildman–Crippen MR) is 119 cm³/mol. The van der Waals surface area contributed by atoms with E-state index in [1.165, 1.54) is 36.0 Å². The summed E-state index contributed by atoms with van der Waals surface area (Å²) in [5.41, 5.74) is 1.16. The SMILES string of the molecule is COCCCN1C(=O)C(CC(=O)Nc2ccc(F)cc2)SC1=Nc1ccc(OC)cc1. The van der Waals surface area contributed by atoms with E-state index in [-0.39, 0.29) is 24.1 Å². The summed E-state index contributed by atoms with van der Waals surface area (Å²) in [6, 6.07) is 12.7. The summed E-state index contributed by atoms with van der Waals surface area (Å²) in [4.78, 5) is 31.6. The van der Waals surface area contributed by atoms with Gasteiger partial charge in [0, 0.05) is 32.4 Å². The predicted octanol–water partition coefficient (Wildman–Crippen LogP) is 3.83. The van der Waals surface area contributed by atoms with Crippen LogP contribution in [-0.4, -0.2) is 54.5 Å². The van der Waals surface area contributed by atoms with E-state index in [4.69, 9.17) is 9.47 Å². The standard InChI is InChI=1S/C22H24FN3O4S/c1-29-13-3-12-26-21(28)19(14-20(27)24-16-6-4-15(23)5-7-16)31-22(26)25-17-8-10-18(30-2)11-9-17/h4-11,19H,3,12-14H2,1-2H3,(H,24,27). The number of nitrogens with zero attached hydrogens (tertiary/aromatic N) is 2. The van der Waals surface area contributed by atoms with Crippen LogP contribution < -0.4 is 10.1 Å². The van der Waals surface area contributed by atoms with E-state index in [9.17, 15) is 14.0 Å². The van der Waals surface area contributed by atoms with E-state index in [0.717, 1.165) is 0 Å². The third-order valence-electron chi connectivity index (χ3n) is 4.55. The summed E-state index contributed by atoms with van der Waals surface area (Å²) in [5.74, 6) is -0.153. The smallest absolute Gasteiger partial charge is 0.242 e. The maximum absolute atomic E-state index is 13.0. The van der Waals surface area contributed by atoms with Crippen molar-refractivity contribution in [2.24, 2.45) is 4.99 Å². The molecular weight excluding hydrogens is 421 g/mol. The number of nitrogens with one attached hydrogen (secondary N) is 1. The zero-order chi connectivity index (χ0) is 22.2. The Labute approximate surface area is 184 Å². The molecule has 7 nitrogen and oxygen atoms in total. The van der Waals surface area contributed by atoms with E-state index in [0.29, 0.717) is 41.9 Å². The molecule has 1 atom stereocenters.